The van der Waals surface area contributed by atoms with E-state index in [1.807, 2.05) is 58.3 Å². The van der Waals surface area contributed by atoms with Crippen molar-refractivity contribution in [3.8, 4) is 0 Å². The molecular formula is C32H34N4O4. The minimum atomic E-state index is -1.01. The number of fused-ring (bicyclic) bond motifs is 4. The third-order valence-electron chi connectivity index (χ3n) is 8.80. The largest absolute Gasteiger partial charge is 0.334 e. The van der Waals surface area contributed by atoms with Crippen LogP contribution in [0.15, 0.2) is 72.8 Å². The molecule has 6 rings (SSSR count). The molecule has 2 N–H and O–H groups in total. The van der Waals surface area contributed by atoms with Crippen LogP contribution in [-0.2, 0) is 30.3 Å². The second kappa shape index (κ2) is 9.77. The molecule has 2 aromatic carbocycles. The lowest BCUT2D eigenvalue weighted by Gasteiger charge is -2.23. The maximum absolute atomic E-state index is 13.5. The standard InChI is InChI=1S/C32H34N4O4/c1-21-19-31(33-27(21)37)23-13-7-9-15-25(23)35(29(31)39)17-11-5-3-4-6-12-18-36-26-16-10-8-14-24(26)32(30(36)40)20-22(2)28(38)34-32/h7-10,13-16H,1-6,11-12,17-20H2,(H,33,37)(H,34,38). The highest BCUT2D eigenvalue weighted by atomic mass is 16.2. The fraction of sp³-hybridized carbons (Fsp3) is 0.375. The Labute approximate surface area is 234 Å². The zero-order chi connectivity index (χ0) is 28.1. The van der Waals surface area contributed by atoms with Crippen molar-refractivity contribution in [2.45, 2.75) is 62.4 Å². The highest BCUT2D eigenvalue weighted by Gasteiger charge is 2.56. The lowest BCUT2D eigenvalue weighted by Crippen LogP contribution is -2.48. The van der Waals surface area contributed by atoms with Crippen LogP contribution in [0.4, 0.5) is 11.4 Å². The molecule has 4 amide bonds. The van der Waals surface area contributed by atoms with Crippen molar-refractivity contribution in [3.05, 3.63) is 84.0 Å². The topological polar surface area (TPSA) is 98.8 Å². The molecule has 2 unspecified atom stereocenters. The summed E-state index contributed by atoms with van der Waals surface area (Å²) in [5.41, 5.74) is 2.32. The van der Waals surface area contributed by atoms with Gasteiger partial charge in [-0.05, 0) is 25.0 Å². The number of nitrogens with one attached hydrogen (secondary N) is 2. The SMILES string of the molecule is C=C1CC2(NC1=O)C(=O)N(CCCCCCCCN1C(=O)C3(CC(=C)C(=O)N3)c3ccccc31)c1ccccc12. The maximum Gasteiger partial charge on any atom is 0.257 e. The van der Waals surface area contributed by atoms with Crippen LogP contribution >= 0.6 is 0 Å². The minimum Gasteiger partial charge on any atom is -0.334 e. The highest BCUT2D eigenvalue weighted by Crippen LogP contribution is 2.47. The van der Waals surface area contributed by atoms with Crippen molar-refractivity contribution in [1.82, 2.24) is 10.6 Å². The molecule has 8 nitrogen and oxygen atoms in total. The molecule has 2 atom stereocenters. The number of benzene rings is 2. The summed E-state index contributed by atoms with van der Waals surface area (Å²) in [5, 5.41) is 5.82. The number of nitrogens with zero attached hydrogens (tertiary/aromatic N) is 2. The predicted molar refractivity (Wildman–Crippen MR) is 152 cm³/mol. The molecule has 4 heterocycles. The van der Waals surface area contributed by atoms with Crippen LogP contribution < -0.4 is 20.4 Å². The van der Waals surface area contributed by atoms with Crippen LogP contribution in [0.2, 0.25) is 0 Å². The van der Waals surface area contributed by atoms with Gasteiger partial charge in [-0.1, -0.05) is 75.2 Å². The van der Waals surface area contributed by atoms with Gasteiger partial charge in [0.2, 0.25) is 11.8 Å². The molecule has 2 saturated heterocycles. The fourth-order valence-electron chi connectivity index (χ4n) is 6.78. The first kappa shape index (κ1) is 26.0. The van der Waals surface area contributed by atoms with Gasteiger partial charge in [0.25, 0.3) is 11.8 Å². The molecule has 2 fully saturated rings. The first-order chi connectivity index (χ1) is 19.3. The van der Waals surface area contributed by atoms with E-state index in [0.29, 0.717) is 37.1 Å². The normalized spacial score (nSPS) is 24.9. The van der Waals surface area contributed by atoms with Crippen LogP contribution in [0, 0.1) is 0 Å². The van der Waals surface area contributed by atoms with Gasteiger partial charge in [0.15, 0.2) is 11.1 Å². The Morgan fingerprint density at radius 3 is 1.35 bits per heavy atom. The number of para-hydroxylation sites is 2. The van der Waals surface area contributed by atoms with Gasteiger partial charge in [0.05, 0.1) is 0 Å². The average molecular weight is 539 g/mol. The third-order valence-corrected chi connectivity index (χ3v) is 8.80. The maximum atomic E-state index is 13.5. The summed E-state index contributed by atoms with van der Waals surface area (Å²) in [6, 6.07) is 15.4. The molecule has 2 spiro atoms. The second-order valence-corrected chi connectivity index (χ2v) is 11.3. The van der Waals surface area contributed by atoms with Gasteiger partial charge in [0, 0.05) is 59.6 Å². The number of carbonyl (C=O) groups is 4. The Balaban J connectivity index is 0.981. The minimum absolute atomic E-state index is 0.0731. The predicted octanol–water partition coefficient (Wildman–Crippen LogP) is 3.96. The van der Waals surface area contributed by atoms with E-state index in [4.69, 9.17) is 0 Å². The van der Waals surface area contributed by atoms with E-state index in [9.17, 15) is 19.2 Å². The van der Waals surface area contributed by atoms with Crippen molar-refractivity contribution >= 4 is 35.0 Å². The van der Waals surface area contributed by atoms with Crippen LogP contribution in [0.1, 0.15) is 62.5 Å². The summed E-state index contributed by atoms with van der Waals surface area (Å²) in [6.07, 6.45) is 6.40. The van der Waals surface area contributed by atoms with Crippen molar-refractivity contribution in [3.63, 3.8) is 0 Å². The van der Waals surface area contributed by atoms with Gasteiger partial charge in [-0.25, -0.2) is 0 Å². The van der Waals surface area contributed by atoms with Crippen LogP contribution in [0.25, 0.3) is 0 Å². The number of hydrogen-bond donors (Lipinski definition) is 2. The van der Waals surface area contributed by atoms with Crippen molar-refractivity contribution in [1.29, 1.82) is 0 Å². The summed E-state index contributed by atoms with van der Waals surface area (Å²) in [6.45, 7) is 8.89. The Bertz CT molecular complexity index is 1320. The van der Waals surface area contributed by atoms with Crippen molar-refractivity contribution in [2.75, 3.05) is 22.9 Å². The van der Waals surface area contributed by atoms with Gasteiger partial charge in [-0.3, -0.25) is 19.2 Å². The number of anilines is 2. The van der Waals surface area contributed by atoms with Crippen LogP contribution in [-0.4, -0.2) is 36.7 Å². The summed E-state index contributed by atoms with van der Waals surface area (Å²) in [7, 11) is 0. The van der Waals surface area contributed by atoms with Crippen LogP contribution in [0.3, 0.4) is 0 Å². The molecule has 0 saturated carbocycles. The van der Waals surface area contributed by atoms with Crippen molar-refractivity contribution < 1.29 is 19.2 Å². The first-order valence-corrected chi connectivity index (χ1v) is 14.1. The van der Waals surface area contributed by atoms with E-state index in [1.54, 1.807) is 0 Å². The monoisotopic (exact) mass is 538 g/mol. The van der Waals surface area contributed by atoms with Crippen LogP contribution in [0.5, 0.6) is 0 Å². The molecule has 206 valence electrons. The lowest BCUT2D eigenvalue weighted by molar-refractivity contribution is -0.127. The number of carbonyl (C=O) groups excluding carboxylic acids is 4. The van der Waals surface area contributed by atoms with E-state index >= 15 is 0 Å². The van der Waals surface area contributed by atoms with Gasteiger partial charge < -0.3 is 20.4 Å². The zero-order valence-electron chi connectivity index (χ0n) is 22.6. The van der Waals surface area contributed by atoms with E-state index in [2.05, 4.69) is 23.8 Å². The summed E-state index contributed by atoms with van der Waals surface area (Å²) < 4.78 is 0. The molecule has 4 aliphatic rings. The smallest absolute Gasteiger partial charge is 0.257 e. The van der Waals surface area contributed by atoms with Gasteiger partial charge in [-0.15, -0.1) is 0 Å². The number of amides is 4. The molecule has 0 aromatic heterocycles. The van der Waals surface area contributed by atoms with E-state index in [0.717, 1.165) is 61.0 Å². The molecular weight excluding hydrogens is 504 g/mol. The molecule has 0 radical (unpaired) electrons. The summed E-state index contributed by atoms with van der Waals surface area (Å²) in [5.74, 6) is -0.650. The number of unbranched alkanes of at least 4 members (excludes halogenated alkanes) is 5. The molecule has 0 aliphatic carbocycles. The number of hydrogen-bond acceptors (Lipinski definition) is 4. The Morgan fingerprint density at radius 2 is 0.975 bits per heavy atom. The van der Waals surface area contributed by atoms with E-state index in [-0.39, 0.29) is 23.6 Å². The molecule has 4 aliphatic heterocycles. The fourth-order valence-corrected chi connectivity index (χ4v) is 6.78. The zero-order valence-corrected chi connectivity index (χ0v) is 22.6. The molecule has 40 heavy (non-hydrogen) atoms. The highest BCUT2D eigenvalue weighted by molar-refractivity contribution is 6.14. The Morgan fingerprint density at radius 1 is 0.600 bits per heavy atom. The van der Waals surface area contributed by atoms with Gasteiger partial charge in [-0.2, -0.15) is 0 Å². The van der Waals surface area contributed by atoms with Gasteiger partial charge >= 0.3 is 0 Å². The molecule has 0 bridgehead atoms. The first-order valence-electron chi connectivity index (χ1n) is 14.1. The van der Waals surface area contributed by atoms with Gasteiger partial charge in [0.1, 0.15) is 0 Å². The average Bonchev–Trinajstić information content (AvgIpc) is 3.58. The third kappa shape index (κ3) is 3.88. The second-order valence-electron chi connectivity index (χ2n) is 11.3. The van der Waals surface area contributed by atoms with E-state index in [1.165, 1.54) is 0 Å². The molecule has 2 aromatic rings. The summed E-state index contributed by atoms with van der Waals surface area (Å²) >= 11 is 0. The summed E-state index contributed by atoms with van der Waals surface area (Å²) in [4.78, 5) is 55.0. The Hall–Kier alpha value is -4.20. The Kier molecular flexibility index (Phi) is 6.36. The molecule has 8 heteroatoms. The lowest BCUT2D eigenvalue weighted by atomic mass is 9.89. The van der Waals surface area contributed by atoms with E-state index < -0.39 is 11.1 Å². The number of rotatable bonds is 9. The quantitative estimate of drug-likeness (QED) is 0.373. The van der Waals surface area contributed by atoms with Crippen molar-refractivity contribution in [2.24, 2.45) is 0 Å².